The fraction of sp³-hybridized carbons (Fsp3) is 0.211. The van der Waals surface area contributed by atoms with Gasteiger partial charge in [0.2, 0.25) is 5.91 Å². The average Bonchev–Trinajstić information content (AvgIpc) is 2.64. The highest BCUT2D eigenvalue weighted by atomic mass is 16.6. The summed E-state index contributed by atoms with van der Waals surface area (Å²) in [5.74, 6) is -0.140. The SMILES string of the molecule is COCCN(Cc1ccccc1)C(=O)/C=C/c1ccc([N+](=O)[O-])cc1. The van der Waals surface area contributed by atoms with Gasteiger partial charge in [-0.1, -0.05) is 30.3 Å². The van der Waals surface area contributed by atoms with E-state index in [0.29, 0.717) is 19.7 Å². The Balaban J connectivity index is 2.05. The molecule has 0 bridgehead atoms. The van der Waals surface area contributed by atoms with Crippen LogP contribution in [0.5, 0.6) is 0 Å². The summed E-state index contributed by atoms with van der Waals surface area (Å²) in [4.78, 5) is 24.4. The first-order valence-corrected chi connectivity index (χ1v) is 7.84. The van der Waals surface area contributed by atoms with Crippen molar-refractivity contribution in [3.63, 3.8) is 0 Å². The lowest BCUT2D eigenvalue weighted by molar-refractivity contribution is -0.384. The molecule has 0 atom stereocenters. The topological polar surface area (TPSA) is 72.7 Å². The Morgan fingerprint density at radius 2 is 1.84 bits per heavy atom. The summed E-state index contributed by atoms with van der Waals surface area (Å²) in [6, 6.07) is 15.8. The van der Waals surface area contributed by atoms with Crippen LogP contribution in [0, 0.1) is 10.1 Å². The van der Waals surface area contributed by atoms with Crippen molar-refractivity contribution in [1.29, 1.82) is 0 Å². The number of carbonyl (C=O) groups excluding carboxylic acids is 1. The van der Waals surface area contributed by atoms with E-state index >= 15 is 0 Å². The third-order valence-electron chi connectivity index (χ3n) is 3.62. The first-order valence-electron chi connectivity index (χ1n) is 7.84. The van der Waals surface area contributed by atoms with Gasteiger partial charge in [-0.25, -0.2) is 0 Å². The molecule has 0 saturated carbocycles. The number of nitrogens with zero attached hydrogens (tertiary/aromatic N) is 2. The molecule has 0 unspecified atom stereocenters. The number of non-ortho nitro benzene ring substituents is 1. The Hall–Kier alpha value is -2.99. The summed E-state index contributed by atoms with van der Waals surface area (Å²) in [5, 5.41) is 10.7. The summed E-state index contributed by atoms with van der Waals surface area (Å²) in [6.45, 7) is 1.42. The number of amides is 1. The molecule has 6 nitrogen and oxygen atoms in total. The van der Waals surface area contributed by atoms with Crippen molar-refractivity contribution >= 4 is 17.7 Å². The second-order valence-corrected chi connectivity index (χ2v) is 5.42. The molecular weight excluding hydrogens is 320 g/mol. The second kappa shape index (κ2) is 9.34. The number of nitro groups is 1. The predicted octanol–water partition coefficient (Wildman–Crippen LogP) is 3.28. The van der Waals surface area contributed by atoms with E-state index in [2.05, 4.69) is 0 Å². The third kappa shape index (κ3) is 5.86. The van der Waals surface area contributed by atoms with Crippen LogP contribution in [0.1, 0.15) is 11.1 Å². The summed E-state index contributed by atoms with van der Waals surface area (Å²) < 4.78 is 5.08. The first-order chi connectivity index (χ1) is 12.1. The Labute approximate surface area is 146 Å². The molecule has 2 aromatic rings. The van der Waals surface area contributed by atoms with E-state index in [4.69, 9.17) is 4.74 Å². The van der Waals surface area contributed by atoms with E-state index < -0.39 is 4.92 Å². The molecule has 0 saturated heterocycles. The molecule has 0 aliphatic carbocycles. The first kappa shape index (κ1) is 18.4. The highest BCUT2D eigenvalue weighted by Gasteiger charge is 2.11. The normalized spacial score (nSPS) is 10.8. The van der Waals surface area contributed by atoms with Gasteiger partial charge in [0.25, 0.3) is 5.69 Å². The van der Waals surface area contributed by atoms with Crippen molar-refractivity contribution in [2.45, 2.75) is 6.54 Å². The molecule has 2 aromatic carbocycles. The number of hydrogen-bond donors (Lipinski definition) is 0. The van der Waals surface area contributed by atoms with Crippen molar-refractivity contribution in [3.8, 4) is 0 Å². The molecule has 130 valence electrons. The highest BCUT2D eigenvalue weighted by Crippen LogP contribution is 2.13. The maximum absolute atomic E-state index is 12.5. The van der Waals surface area contributed by atoms with Crippen molar-refractivity contribution in [1.82, 2.24) is 4.90 Å². The summed E-state index contributed by atoms with van der Waals surface area (Å²) >= 11 is 0. The van der Waals surface area contributed by atoms with Crippen molar-refractivity contribution < 1.29 is 14.5 Å². The number of ether oxygens (including phenoxy) is 1. The van der Waals surface area contributed by atoms with Crippen LogP contribution in [-0.2, 0) is 16.1 Å². The van der Waals surface area contributed by atoms with E-state index in [1.54, 1.807) is 30.2 Å². The van der Waals surface area contributed by atoms with E-state index in [1.807, 2.05) is 30.3 Å². The number of methoxy groups -OCH3 is 1. The van der Waals surface area contributed by atoms with E-state index in [9.17, 15) is 14.9 Å². The minimum Gasteiger partial charge on any atom is -0.383 e. The van der Waals surface area contributed by atoms with Crippen LogP contribution in [0.25, 0.3) is 6.08 Å². The monoisotopic (exact) mass is 340 g/mol. The number of hydrogen-bond acceptors (Lipinski definition) is 4. The zero-order valence-corrected chi connectivity index (χ0v) is 14.0. The molecule has 0 aliphatic rings. The Morgan fingerprint density at radius 3 is 2.44 bits per heavy atom. The van der Waals surface area contributed by atoms with Crippen LogP contribution in [-0.4, -0.2) is 36.0 Å². The Bertz CT molecular complexity index is 727. The largest absolute Gasteiger partial charge is 0.383 e. The Kier molecular flexibility index (Phi) is 6.86. The molecule has 6 heteroatoms. The van der Waals surface area contributed by atoms with Crippen LogP contribution < -0.4 is 0 Å². The maximum atomic E-state index is 12.5. The lowest BCUT2D eigenvalue weighted by Gasteiger charge is -2.21. The van der Waals surface area contributed by atoms with Crippen LogP contribution in [0.2, 0.25) is 0 Å². The standard InChI is InChI=1S/C19H20N2O4/c1-25-14-13-20(15-17-5-3-2-4-6-17)19(22)12-9-16-7-10-18(11-8-16)21(23)24/h2-12H,13-15H2,1H3/b12-9+. The van der Waals surface area contributed by atoms with Gasteiger partial charge in [-0.15, -0.1) is 0 Å². The molecule has 0 fully saturated rings. The molecule has 25 heavy (non-hydrogen) atoms. The van der Waals surface area contributed by atoms with Crippen molar-refractivity contribution in [3.05, 3.63) is 81.9 Å². The molecule has 0 aliphatic heterocycles. The number of nitro benzene ring substituents is 1. The van der Waals surface area contributed by atoms with Crippen molar-refractivity contribution in [2.24, 2.45) is 0 Å². The van der Waals surface area contributed by atoms with E-state index in [-0.39, 0.29) is 11.6 Å². The Morgan fingerprint density at radius 1 is 1.16 bits per heavy atom. The number of benzene rings is 2. The highest BCUT2D eigenvalue weighted by molar-refractivity contribution is 5.91. The quantitative estimate of drug-likeness (QED) is 0.420. The van der Waals surface area contributed by atoms with Gasteiger partial charge >= 0.3 is 0 Å². The number of rotatable bonds is 8. The van der Waals surface area contributed by atoms with Crippen molar-refractivity contribution in [2.75, 3.05) is 20.3 Å². The van der Waals surface area contributed by atoms with Gasteiger partial charge in [0.15, 0.2) is 0 Å². The molecule has 1 amide bonds. The fourth-order valence-corrected chi connectivity index (χ4v) is 2.25. The average molecular weight is 340 g/mol. The maximum Gasteiger partial charge on any atom is 0.269 e. The van der Waals surface area contributed by atoms with Crippen LogP contribution in [0.3, 0.4) is 0 Å². The van der Waals surface area contributed by atoms with Crippen LogP contribution in [0.15, 0.2) is 60.7 Å². The van der Waals surface area contributed by atoms with Gasteiger partial charge in [-0.05, 0) is 29.3 Å². The van der Waals surface area contributed by atoms with Gasteiger partial charge in [0.05, 0.1) is 11.5 Å². The summed E-state index contributed by atoms with van der Waals surface area (Å²) in [7, 11) is 1.60. The second-order valence-electron chi connectivity index (χ2n) is 5.42. The molecule has 0 radical (unpaired) electrons. The molecule has 0 spiro atoms. The molecular formula is C19H20N2O4. The van der Waals surface area contributed by atoms with Crippen LogP contribution in [0.4, 0.5) is 5.69 Å². The van der Waals surface area contributed by atoms with E-state index in [1.165, 1.54) is 18.2 Å². The lowest BCUT2D eigenvalue weighted by Crippen LogP contribution is -2.32. The summed E-state index contributed by atoms with van der Waals surface area (Å²) in [6.07, 6.45) is 3.12. The number of carbonyl (C=O) groups is 1. The molecule has 0 N–H and O–H groups in total. The van der Waals surface area contributed by atoms with Gasteiger partial charge in [0.1, 0.15) is 0 Å². The predicted molar refractivity (Wildman–Crippen MR) is 95.9 cm³/mol. The molecule has 0 aromatic heterocycles. The summed E-state index contributed by atoms with van der Waals surface area (Å²) in [5.41, 5.74) is 1.79. The minimum atomic E-state index is -0.453. The zero-order chi connectivity index (χ0) is 18.1. The molecule has 2 rings (SSSR count). The van der Waals surface area contributed by atoms with Gasteiger partial charge in [-0.3, -0.25) is 14.9 Å². The fourth-order valence-electron chi connectivity index (χ4n) is 2.25. The third-order valence-corrected chi connectivity index (χ3v) is 3.62. The van der Waals surface area contributed by atoms with Crippen LogP contribution >= 0.6 is 0 Å². The smallest absolute Gasteiger partial charge is 0.269 e. The van der Waals surface area contributed by atoms with Gasteiger partial charge < -0.3 is 9.64 Å². The lowest BCUT2D eigenvalue weighted by atomic mass is 10.2. The minimum absolute atomic E-state index is 0.0225. The zero-order valence-electron chi connectivity index (χ0n) is 14.0. The van der Waals surface area contributed by atoms with Gasteiger partial charge in [-0.2, -0.15) is 0 Å². The molecule has 0 heterocycles. The van der Waals surface area contributed by atoms with E-state index in [0.717, 1.165) is 11.1 Å². The van der Waals surface area contributed by atoms with Gasteiger partial charge in [0, 0.05) is 38.4 Å².